The molecule has 0 aliphatic rings. The van der Waals surface area contributed by atoms with Crippen molar-refractivity contribution in [3.8, 4) is 0 Å². The lowest BCUT2D eigenvalue weighted by atomic mass is 9.92. The van der Waals surface area contributed by atoms with Crippen molar-refractivity contribution in [1.29, 1.82) is 0 Å². The predicted octanol–water partition coefficient (Wildman–Crippen LogP) is 2.23. The van der Waals surface area contributed by atoms with Crippen LogP contribution in [0.5, 0.6) is 0 Å². The molecular weight excluding hydrogens is 182 g/mol. The first-order valence-corrected chi connectivity index (χ1v) is 5.51. The monoisotopic (exact) mass is 199 g/mol. The van der Waals surface area contributed by atoms with Crippen LogP contribution in [0.4, 0.5) is 0 Å². The van der Waals surface area contributed by atoms with E-state index in [1.54, 1.807) is 0 Å². The second kappa shape index (κ2) is 5.29. The van der Waals surface area contributed by atoms with E-state index in [2.05, 4.69) is 27.9 Å². The fourth-order valence-corrected chi connectivity index (χ4v) is 2.15. The van der Waals surface area contributed by atoms with Crippen molar-refractivity contribution in [1.82, 2.24) is 14.1 Å². The molecule has 3 nitrogen and oxygen atoms in total. The quantitative estimate of drug-likeness (QED) is 0.790. The summed E-state index contributed by atoms with van der Waals surface area (Å²) in [5.41, 5.74) is 1.08. The van der Waals surface area contributed by atoms with Crippen molar-refractivity contribution in [2.45, 2.75) is 32.7 Å². The van der Waals surface area contributed by atoms with Crippen LogP contribution in [0.1, 0.15) is 38.4 Å². The van der Waals surface area contributed by atoms with Gasteiger partial charge >= 0.3 is 0 Å². The highest BCUT2D eigenvalue weighted by Crippen LogP contribution is 2.25. The first-order chi connectivity index (χ1) is 6.33. The third kappa shape index (κ3) is 2.48. The summed E-state index contributed by atoms with van der Waals surface area (Å²) in [5.74, 6) is 0.661. The number of rotatable bonds is 5. The lowest BCUT2D eigenvalue weighted by Gasteiger charge is -2.22. The highest BCUT2D eigenvalue weighted by atomic mass is 32.1. The summed E-state index contributed by atoms with van der Waals surface area (Å²) >= 11 is 1.28. The minimum absolute atomic E-state index is 0.369. The lowest BCUT2D eigenvalue weighted by Crippen LogP contribution is -2.24. The van der Waals surface area contributed by atoms with Gasteiger partial charge in [-0.1, -0.05) is 26.7 Å². The number of hydrogen-bond donors (Lipinski definition) is 1. The predicted molar refractivity (Wildman–Crippen MR) is 55.8 cm³/mol. The molecule has 4 heteroatoms. The van der Waals surface area contributed by atoms with Crippen LogP contribution >= 0.6 is 11.7 Å². The fourth-order valence-electron chi connectivity index (χ4n) is 1.69. The smallest absolute Gasteiger partial charge is 0.0914 e. The summed E-state index contributed by atoms with van der Waals surface area (Å²) in [6.07, 6.45) is 4.23. The maximum atomic E-state index is 4.27. The van der Waals surface area contributed by atoms with Gasteiger partial charge in [-0.15, -0.1) is 0 Å². The number of nitrogens with zero attached hydrogens (tertiary/aromatic N) is 2. The zero-order valence-electron chi connectivity index (χ0n) is 8.45. The first kappa shape index (κ1) is 10.6. The van der Waals surface area contributed by atoms with E-state index in [4.69, 9.17) is 0 Å². The van der Waals surface area contributed by atoms with Gasteiger partial charge in [0.05, 0.1) is 29.7 Å². The lowest BCUT2D eigenvalue weighted by molar-refractivity contribution is 0.355. The highest BCUT2D eigenvalue weighted by molar-refractivity contribution is 6.99. The summed E-state index contributed by atoms with van der Waals surface area (Å²) in [4.78, 5) is 0. The molecule has 0 saturated heterocycles. The molecule has 0 aromatic carbocycles. The Morgan fingerprint density at radius 3 is 2.54 bits per heavy atom. The van der Waals surface area contributed by atoms with Gasteiger partial charge in [-0.3, -0.25) is 0 Å². The van der Waals surface area contributed by atoms with Crippen molar-refractivity contribution in [3.63, 3.8) is 0 Å². The molecule has 0 fully saturated rings. The molecule has 0 aliphatic carbocycles. The minimum atomic E-state index is 0.369. The maximum absolute atomic E-state index is 4.27. The Hall–Kier alpha value is -0.480. The molecule has 0 amide bonds. The Bertz CT molecular complexity index is 219. The van der Waals surface area contributed by atoms with Crippen molar-refractivity contribution >= 4 is 11.7 Å². The number of hydrogen-bond acceptors (Lipinski definition) is 4. The normalized spacial score (nSPS) is 13.5. The zero-order chi connectivity index (χ0) is 9.68. The van der Waals surface area contributed by atoms with Crippen LogP contribution < -0.4 is 5.32 Å². The molecule has 0 spiro atoms. The van der Waals surface area contributed by atoms with Crippen LogP contribution in [-0.4, -0.2) is 15.8 Å². The summed E-state index contributed by atoms with van der Waals surface area (Å²) in [6.45, 7) is 4.44. The molecule has 13 heavy (non-hydrogen) atoms. The molecule has 1 atom stereocenters. The Morgan fingerprint density at radius 1 is 1.46 bits per heavy atom. The molecule has 0 bridgehead atoms. The number of nitrogens with one attached hydrogen (secondary N) is 1. The summed E-state index contributed by atoms with van der Waals surface area (Å²) in [5, 5.41) is 3.31. The van der Waals surface area contributed by atoms with E-state index in [1.165, 1.54) is 24.6 Å². The van der Waals surface area contributed by atoms with Gasteiger partial charge in [0.2, 0.25) is 0 Å². The topological polar surface area (TPSA) is 37.8 Å². The molecular formula is C9H17N3S. The van der Waals surface area contributed by atoms with Gasteiger partial charge in [-0.05, 0) is 13.0 Å². The van der Waals surface area contributed by atoms with Crippen molar-refractivity contribution in [3.05, 3.63) is 11.9 Å². The number of aromatic nitrogens is 2. The van der Waals surface area contributed by atoms with Crippen LogP contribution in [-0.2, 0) is 0 Å². The van der Waals surface area contributed by atoms with Gasteiger partial charge in [0.1, 0.15) is 0 Å². The third-order valence-electron chi connectivity index (χ3n) is 2.53. The summed E-state index contributed by atoms with van der Waals surface area (Å²) in [6, 6.07) is 0.369. The molecule has 1 rings (SSSR count). The van der Waals surface area contributed by atoms with Gasteiger partial charge in [-0.25, -0.2) is 0 Å². The standard InChI is InChI=1S/C9H17N3S/c1-4-7(5-2)9(10-3)8-6-11-13-12-8/h6-7,9-10H,4-5H2,1-3H3. The van der Waals surface area contributed by atoms with Gasteiger partial charge in [0.25, 0.3) is 0 Å². The van der Waals surface area contributed by atoms with Gasteiger partial charge < -0.3 is 5.32 Å². The van der Waals surface area contributed by atoms with Crippen LogP contribution in [0.2, 0.25) is 0 Å². The third-order valence-corrected chi connectivity index (χ3v) is 3.02. The molecule has 74 valence electrons. The summed E-state index contributed by atoms with van der Waals surface area (Å²) < 4.78 is 8.30. The van der Waals surface area contributed by atoms with Crippen molar-refractivity contribution < 1.29 is 0 Å². The Morgan fingerprint density at radius 2 is 2.15 bits per heavy atom. The fraction of sp³-hybridized carbons (Fsp3) is 0.778. The minimum Gasteiger partial charge on any atom is -0.311 e. The van der Waals surface area contributed by atoms with Crippen LogP contribution in [0, 0.1) is 5.92 Å². The van der Waals surface area contributed by atoms with Gasteiger partial charge in [0, 0.05) is 0 Å². The summed E-state index contributed by atoms with van der Waals surface area (Å²) in [7, 11) is 1.99. The SMILES string of the molecule is CCC(CC)C(NC)c1cnsn1. The van der Waals surface area contributed by atoms with Crippen LogP contribution in [0.3, 0.4) is 0 Å². The van der Waals surface area contributed by atoms with Crippen LogP contribution in [0.15, 0.2) is 6.20 Å². The van der Waals surface area contributed by atoms with Crippen LogP contribution in [0.25, 0.3) is 0 Å². The van der Waals surface area contributed by atoms with E-state index >= 15 is 0 Å². The van der Waals surface area contributed by atoms with E-state index < -0.39 is 0 Å². The zero-order valence-corrected chi connectivity index (χ0v) is 9.27. The average molecular weight is 199 g/mol. The molecule has 0 radical (unpaired) electrons. The van der Waals surface area contributed by atoms with E-state index in [1.807, 2.05) is 13.2 Å². The largest absolute Gasteiger partial charge is 0.311 e. The van der Waals surface area contributed by atoms with Crippen molar-refractivity contribution in [2.24, 2.45) is 5.92 Å². The van der Waals surface area contributed by atoms with Gasteiger partial charge in [-0.2, -0.15) is 8.75 Å². The Labute approximate surface area is 83.9 Å². The second-order valence-corrected chi connectivity index (χ2v) is 3.73. The molecule has 1 N–H and O–H groups in total. The van der Waals surface area contributed by atoms with E-state index in [-0.39, 0.29) is 0 Å². The van der Waals surface area contributed by atoms with Gasteiger partial charge in [0.15, 0.2) is 0 Å². The maximum Gasteiger partial charge on any atom is 0.0914 e. The molecule has 1 unspecified atom stereocenters. The molecule has 0 aliphatic heterocycles. The second-order valence-electron chi connectivity index (χ2n) is 3.18. The Kier molecular flexibility index (Phi) is 4.32. The molecule has 1 aromatic heterocycles. The van der Waals surface area contributed by atoms with E-state index in [9.17, 15) is 0 Å². The molecule has 1 aromatic rings. The highest BCUT2D eigenvalue weighted by Gasteiger charge is 2.20. The average Bonchev–Trinajstić information content (AvgIpc) is 2.66. The molecule has 0 saturated carbocycles. The Balaban J connectivity index is 2.72. The van der Waals surface area contributed by atoms with Crippen molar-refractivity contribution in [2.75, 3.05) is 7.05 Å². The van der Waals surface area contributed by atoms with E-state index in [0.717, 1.165) is 5.69 Å². The first-order valence-electron chi connectivity index (χ1n) is 4.78. The molecule has 1 heterocycles. The van der Waals surface area contributed by atoms with E-state index in [0.29, 0.717) is 12.0 Å².